The van der Waals surface area contributed by atoms with Crippen LogP contribution < -0.4 is 11.1 Å². The topological polar surface area (TPSA) is 68.0 Å². The van der Waals surface area contributed by atoms with Gasteiger partial charge in [-0.3, -0.25) is 4.79 Å². The van der Waals surface area contributed by atoms with Gasteiger partial charge in [-0.1, -0.05) is 6.92 Å². The van der Waals surface area contributed by atoms with Gasteiger partial charge >= 0.3 is 0 Å². The van der Waals surface area contributed by atoms with E-state index in [1.54, 1.807) is 6.20 Å². The molecule has 1 aliphatic carbocycles. The van der Waals surface area contributed by atoms with E-state index in [1.807, 2.05) is 19.1 Å². The number of rotatable bonds is 3. The van der Waals surface area contributed by atoms with Crippen LogP contribution >= 0.6 is 0 Å². The SMILES string of the molecule is Cc1ccnc(NC(=O)C2(CN)CC(C)C2)c1. The van der Waals surface area contributed by atoms with Crippen LogP contribution in [0.2, 0.25) is 0 Å². The first kappa shape index (κ1) is 12.0. The van der Waals surface area contributed by atoms with Gasteiger partial charge in [0.2, 0.25) is 5.91 Å². The van der Waals surface area contributed by atoms with E-state index in [1.165, 1.54) is 0 Å². The van der Waals surface area contributed by atoms with Crippen molar-refractivity contribution in [3.63, 3.8) is 0 Å². The number of aromatic nitrogens is 1. The predicted molar refractivity (Wildman–Crippen MR) is 67.5 cm³/mol. The first-order valence-electron chi connectivity index (χ1n) is 6.00. The minimum atomic E-state index is -0.370. The van der Waals surface area contributed by atoms with Gasteiger partial charge < -0.3 is 11.1 Å². The fourth-order valence-electron chi connectivity index (χ4n) is 2.57. The molecule has 4 heteroatoms. The summed E-state index contributed by atoms with van der Waals surface area (Å²) in [5.41, 5.74) is 6.45. The number of nitrogens with two attached hydrogens (primary N) is 1. The molecule has 1 heterocycles. The highest BCUT2D eigenvalue weighted by Gasteiger charge is 2.47. The largest absolute Gasteiger partial charge is 0.329 e. The molecule has 0 atom stereocenters. The monoisotopic (exact) mass is 233 g/mol. The van der Waals surface area contributed by atoms with E-state index in [0.717, 1.165) is 18.4 Å². The third kappa shape index (κ3) is 2.31. The second-order valence-electron chi connectivity index (χ2n) is 5.17. The molecule has 1 saturated carbocycles. The van der Waals surface area contributed by atoms with E-state index in [2.05, 4.69) is 17.2 Å². The molecule has 1 aromatic rings. The van der Waals surface area contributed by atoms with E-state index < -0.39 is 0 Å². The molecule has 0 bridgehead atoms. The summed E-state index contributed by atoms with van der Waals surface area (Å²) in [6.45, 7) is 4.53. The summed E-state index contributed by atoms with van der Waals surface area (Å²) in [7, 11) is 0. The minimum absolute atomic E-state index is 0.0104. The number of hydrogen-bond donors (Lipinski definition) is 2. The average molecular weight is 233 g/mol. The Hall–Kier alpha value is -1.42. The fourth-order valence-corrected chi connectivity index (χ4v) is 2.57. The molecule has 1 aromatic heterocycles. The Balaban J connectivity index is 2.06. The Morgan fingerprint density at radius 2 is 2.35 bits per heavy atom. The number of anilines is 1. The highest BCUT2D eigenvalue weighted by atomic mass is 16.2. The van der Waals surface area contributed by atoms with Gasteiger partial charge in [-0.05, 0) is 43.4 Å². The van der Waals surface area contributed by atoms with Crippen molar-refractivity contribution in [2.75, 3.05) is 11.9 Å². The smallest absolute Gasteiger partial charge is 0.233 e. The lowest BCUT2D eigenvalue weighted by molar-refractivity contribution is -0.132. The minimum Gasteiger partial charge on any atom is -0.329 e. The zero-order chi connectivity index (χ0) is 12.5. The van der Waals surface area contributed by atoms with Crippen LogP contribution in [0.4, 0.5) is 5.82 Å². The number of amides is 1. The third-order valence-corrected chi connectivity index (χ3v) is 3.51. The maximum atomic E-state index is 12.2. The quantitative estimate of drug-likeness (QED) is 0.835. The van der Waals surface area contributed by atoms with E-state index in [0.29, 0.717) is 18.3 Å². The van der Waals surface area contributed by atoms with Crippen LogP contribution in [0.1, 0.15) is 25.3 Å². The van der Waals surface area contributed by atoms with Crippen molar-refractivity contribution in [2.45, 2.75) is 26.7 Å². The van der Waals surface area contributed by atoms with Gasteiger partial charge in [-0.2, -0.15) is 0 Å². The first-order valence-corrected chi connectivity index (χ1v) is 6.00. The number of nitrogens with zero attached hydrogens (tertiary/aromatic N) is 1. The van der Waals surface area contributed by atoms with Crippen molar-refractivity contribution in [3.05, 3.63) is 23.9 Å². The van der Waals surface area contributed by atoms with Gasteiger partial charge in [0, 0.05) is 12.7 Å². The van der Waals surface area contributed by atoms with E-state index in [9.17, 15) is 4.79 Å². The highest BCUT2D eigenvalue weighted by Crippen LogP contribution is 2.45. The lowest BCUT2D eigenvalue weighted by atomic mass is 9.62. The van der Waals surface area contributed by atoms with Crippen LogP contribution in [-0.2, 0) is 4.79 Å². The van der Waals surface area contributed by atoms with E-state index in [4.69, 9.17) is 5.73 Å². The van der Waals surface area contributed by atoms with Crippen molar-refractivity contribution in [3.8, 4) is 0 Å². The number of carbonyl (C=O) groups excluding carboxylic acids is 1. The molecule has 17 heavy (non-hydrogen) atoms. The summed E-state index contributed by atoms with van der Waals surface area (Å²) in [5.74, 6) is 1.22. The Bertz CT molecular complexity index is 424. The van der Waals surface area contributed by atoms with E-state index in [-0.39, 0.29) is 11.3 Å². The summed E-state index contributed by atoms with van der Waals surface area (Å²) in [6.07, 6.45) is 3.45. The molecular weight excluding hydrogens is 214 g/mol. The van der Waals surface area contributed by atoms with Gasteiger partial charge in [0.15, 0.2) is 0 Å². The molecule has 3 N–H and O–H groups in total. The molecule has 1 fully saturated rings. The van der Waals surface area contributed by atoms with Gasteiger partial charge in [0.1, 0.15) is 5.82 Å². The number of pyridine rings is 1. The number of nitrogens with one attached hydrogen (secondary N) is 1. The maximum absolute atomic E-state index is 12.2. The normalized spacial score (nSPS) is 27.4. The molecule has 0 unspecified atom stereocenters. The first-order chi connectivity index (χ1) is 8.05. The summed E-state index contributed by atoms with van der Waals surface area (Å²) in [4.78, 5) is 16.3. The Labute approximate surface area is 102 Å². The Kier molecular flexibility index (Phi) is 3.15. The van der Waals surface area contributed by atoms with Crippen LogP contribution in [0.3, 0.4) is 0 Å². The van der Waals surface area contributed by atoms with Gasteiger partial charge in [0.05, 0.1) is 5.41 Å². The van der Waals surface area contributed by atoms with Crippen molar-refractivity contribution in [1.29, 1.82) is 0 Å². The van der Waals surface area contributed by atoms with Crippen LogP contribution in [0.25, 0.3) is 0 Å². The molecule has 0 spiro atoms. The standard InChI is InChI=1S/C13H19N3O/c1-9-3-4-15-11(5-9)16-12(17)13(8-14)6-10(2)7-13/h3-5,10H,6-8,14H2,1-2H3,(H,15,16,17). The van der Waals surface area contributed by atoms with Gasteiger partial charge in [-0.25, -0.2) is 4.98 Å². The zero-order valence-corrected chi connectivity index (χ0v) is 10.4. The molecule has 2 rings (SSSR count). The lowest BCUT2D eigenvalue weighted by Crippen LogP contribution is -2.51. The van der Waals surface area contributed by atoms with Crippen molar-refractivity contribution >= 4 is 11.7 Å². The van der Waals surface area contributed by atoms with Crippen molar-refractivity contribution in [1.82, 2.24) is 4.98 Å². The second kappa shape index (κ2) is 4.45. The highest BCUT2D eigenvalue weighted by molar-refractivity contribution is 5.95. The van der Waals surface area contributed by atoms with Gasteiger partial charge in [-0.15, -0.1) is 0 Å². The number of hydrogen-bond acceptors (Lipinski definition) is 3. The van der Waals surface area contributed by atoms with Crippen LogP contribution in [0.5, 0.6) is 0 Å². The molecule has 1 amide bonds. The van der Waals surface area contributed by atoms with Crippen LogP contribution in [0, 0.1) is 18.3 Å². The molecule has 1 aliphatic rings. The predicted octanol–water partition coefficient (Wildman–Crippen LogP) is 1.70. The maximum Gasteiger partial charge on any atom is 0.233 e. The lowest BCUT2D eigenvalue weighted by Gasteiger charge is -2.44. The summed E-state index contributed by atoms with van der Waals surface area (Å²) >= 11 is 0. The van der Waals surface area contributed by atoms with Gasteiger partial charge in [0.25, 0.3) is 0 Å². The average Bonchev–Trinajstić information content (AvgIpc) is 2.24. The fraction of sp³-hybridized carbons (Fsp3) is 0.538. The van der Waals surface area contributed by atoms with Crippen LogP contribution in [-0.4, -0.2) is 17.4 Å². The zero-order valence-electron chi connectivity index (χ0n) is 10.4. The summed E-state index contributed by atoms with van der Waals surface area (Å²) in [5, 5.41) is 2.87. The Morgan fingerprint density at radius 1 is 1.65 bits per heavy atom. The third-order valence-electron chi connectivity index (χ3n) is 3.51. The molecule has 0 aromatic carbocycles. The van der Waals surface area contributed by atoms with Crippen LogP contribution in [0.15, 0.2) is 18.3 Å². The molecule has 0 aliphatic heterocycles. The summed E-state index contributed by atoms with van der Waals surface area (Å²) < 4.78 is 0. The number of carbonyl (C=O) groups is 1. The molecule has 4 nitrogen and oxygen atoms in total. The summed E-state index contributed by atoms with van der Waals surface area (Å²) in [6, 6.07) is 3.77. The molecule has 92 valence electrons. The molecule has 0 radical (unpaired) electrons. The molecular formula is C13H19N3O. The van der Waals surface area contributed by atoms with Crippen molar-refractivity contribution < 1.29 is 4.79 Å². The van der Waals surface area contributed by atoms with Crippen molar-refractivity contribution in [2.24, 2.45) is 17.1 Å². The second-order valence-corrected chi connectivity index (χ2v) is 5.17. The number of aryl methyl sites for hydroxylation is 1. The Morgan fingerprint density at radius 3 is 2.88 bits per heavy atom. The molecule has 0 saturated heterocycles. The van der Waals surface area contributed by atoms with E-state index >= 15 is 0 Å².